The van der Waals surface area contributed by atoms with Gasteiger partial charge in [-0.05, 0) is 28.1 Å². The largest absolute Gasteiger partial charge is 0.505 e. The monoisotopic (exact) mass is 211 g/mol. The molecule has 0 atom stereocenters. The van der Waals surface area contributed by atoms with Crippen molar-refractivity contribution in [3.8, 4) is 17.0 Å². The number of rotatable bonds is 0. The maximum absolute atomic E-state index is 9.42. The molecular weight excluding hydrogens is 206 g/mol. The molecule has 0 aromatic heterocycles. The van der Waals surface area contributed by atoms with E-state index in [9.17, 15) is 5.11 Å². The number of fused-ring (bicyclic) bond motifs is 1. The third-order valence-electron chi connectivity index (χ3n) is 1.63. The summed E-state index contributed by atoms with van der Waals surface area (Å²) >= 11 is 3.24. The van der Waals surface area contributed by atoms with Crippen molar-refractivity contribution < 1.29 is 5.11 Å². The first kappa shape index (κ1) is 6.73. The Kier molecular flexibility index (Phi) is 1.39. The van der Waals surface area contributed by atoms with Crippen LogP contribution in [0.2, 0.25) is 0 Å². The van der Waals surface area contributed by atoms with Crippen molar-refractivity contribution in [1.29, 1.82) is 0 Å². The SMILES string of the molecule is Oc1c(Br)cc2ccc[nH]c1-2. The van der Waals surface area contributed by atoms with E-state index in [1.165, 1.54) is 0 Å². The zero-order valence-corrected chi connectivity index (χ0v) is 7.22. The van der Waals surface area contributed by atoms with Crippen LogP contribution in [0.4, 0.5) is 0 Å². The van der Waals surface area contributed by atoms with Gasteiger partial charge in [0, 0.05) is 11.8 Å². The first-order valence-corrected chi connectivity index (χ1v) is 4.03. The number of nitrogens with one attached hydrogen (secondary N) is 1. The second-order valence-corrected chi connectivity index (χ2v) is 3.20. The van der Waals surface area contributed by atoms with Crippen LogP contribution in [-0.2, 0) is 0 Å². The molecule has 2 N–H and O–H groups in total. The molecule has 1 aliphatic heterocycles. The summed E-state index contributed by atoms with van der Waals surface area (Å²) in [7, 11) is 0. The van der Waals surface area contributed by atoms with Crippen LogP contribution in [0.3, 0.4) is 0 Å². The van der Waals surface area contributed by atoms with Crippen molar-refractivity contribution in [1.82, 2.24) is 4.98 Å². The molecule has 0 saturated heterocycles. The van der Waals surface area contributed by atoms with Crippen LogP contribution in [0, 0.1) is 0 Å². The number of H-pyrrole nitrogens is 1. The van der Waals surface area contributed by atoms with Gasteiger partial charge >= 0.3 is 0 Å². The van der Waals surface area contributed by atoms with Crippen LogP contribution in [0.15, 0.2) is 28.9 Å². The van der Waals surface area contributed by atoms with Gasteiger partial charge in [-0.1, -0.05) is 6.07 Å². The smallest absolute Gasteiger partial charge is 0.153 e. The molecule has 0 aromatic rings. The summed E-state index contributed by atoms with van der Waals surface area (Å²) < 4.78 is 0.731. The molecule has 3 heteroatoms. The lowest BCUT2D eigenvalue weighted by molar-refractivity contribution is 0.474. The summed E-state index contributed by atoms with van der Waals surface area (Å²) in [5.41, 5.74) is 1.79. The van der Waals surface area contributed by atoms with E-state index in [2.05, 4.69) is 20.9 Å². The van der Waals surface area contributed by atoms with Crippen LogP contribution >= 0.6 is 15.9 Å². The quantitative estimate of drug-likeness (QED) is 0.691. The van der Waals surface area contributed by atoms with E-state index >= 15 is 0 Å². The van der Waals surface area contributed by atoms with Crippen molar-refractivity contribution >= 4 is 15.9 Å². The molecule has 56 valence electrons. The lowest BCUT2D eigenvalue weighted by Gasteiger charge is -1.96. The van der Waals surface area contributed by atoms with Crippen molar-refractivity contribution in [3.05, 3.63) is 28.9 Å². The third kappa shape index (κ3) is 0.922. The zero-order chi connectivity index (χ0) is 7.84. The van der Waals surface area contributed by atoms with Crippen LogP contribution in [-0.4, -0.2) is 10.1 Å². The van der Waals surface area contributed by atoms with E-state index in [-0.39, 0.29) is 5.75 Å². The second kappa shape index (κ2) is 2.27. The minimum absolute atomic E-state index is 0.278. The number of hydrogen-bond donors (Lipinski definition) is 2. The molecule has 0 aromatic carbocycles. The zero-order valence-electron chi connectivity index (χ0n) is 5.63. The van der Waals surface area contributed by atoms with Gasteiger partial charge in [0.25, 0.3) is 0 Å². The number of hydrogen-bond acceptors (Lipinski definition) is 1. The molecule has 0 fully saturated rings. The van der Waals surface area contributed by atoms with Gasteiger partial charge < -0.3 is 10.1 Å². The molecule has 0 spiro atoms. The summed E-state index contributed by atoms with van der Waals surface area (Å²) in [5.74, 6) is 0.278. The molecule has 1 heterocycles. The lowest BCUT2D eigenvalue weighted by atomic mass is 10.2. The Labute approximate surface area is 72.3 Å². The summed E-state index contributed by atoms with van der Waals surface area (Å²) in [6.07, 6.45) is 1.79. The van der Waals surface area contributed by atoms with Crippen LogP contribution in [0.25, 0.3) is 11.3 Å². The van der Waals surface area contributed by atoms with Gasteiger partial charge in [-0.25, -0.2) is 0 Å². The summed E-state index contributed by atoms with van der Waals surface area (Å²) in [6.45, 7) is 0. The molecule has 0 bridgehead atoms. The first-order valence-electron chi connectivity index (χ1n) is 3.23. The Morgan fingerprint density at radius 2 is 2.27 bits per heavy atom. The molecule has 1 aliphatic carbocycles. The lowest BCUT2D eigenvalue weighted by Crippen LogP contribution is -1.76. The Morgan fingerprint density at radius 1 is 1.45 bits per heavy atom. The molecular formula is C8H6BrNO. The fourth-order valence-corrected chi connectivity index (χ4v) is 1.54. The van der Waals surface area contributed by atoms with E-state index in [0.717, 1.165) is 15.7 Å². The Balaban J connectivity index is 2.81. The van der Waals surface area contributed by atoms with Crippen molar-refractivity contribution in [2.75, 3.05) is 0 Å². The highest BCUT2D eigenvalue weighted by atomic mass is 79.9. The van der Waals surface area contributed by atoms with Gasteiger partial charge in [-0.15, -0.1) is 0 Å². The van der Waals surface area contributed by atoms with E-state index in [4.69, 9.17) is 0 Å². The summed E-state index contributed by atoms with van der Waals surface area (Å²) in [4.78, 5) is 2.96. The topological polar surface area (TPSA) is 36.0 Å². The molecule has 2 rings (SSSR count). The number of aromatic amines is 1. The first-order chi connectivity index (χ1) is 5.29. The van der Waals surface area contributed by atoms with Gasteiger partial charge in [0.15, 0.2) is 5.75 Å². The maximum Gasteiger partial charge on any atom is 0.153 e. The fraction of sp³-hybridized carbons (Fsp3) is 0. The Hall–Kier alpha value is -0.960. The van der Waals surface area contributed by atoms with Crippen LogP contribution < -0.4 is 0 Å². The predicted octanol–water partition coefficient (Wildman–Crippen LogP) is 2.59. The summed E-state index contributed by atoms with van der Waals surface area (Å²) in [5, 5.41) is 9.42. The highest BCUT2D eigenvalue weighted by Gasteiger charge is 2.11. The summed E-state index contributed by atoms with van der Waals surface area (Å²) in [6, 6.07) is 5.71. The van der Waals surface area contributed by atoms with Crippen molar-refractivity contribution in [2.24, 2.45) is 0 Å². The van der Waals surface area contributed by atoms with E-state index < -0.39 is 0 Å². The highest BCUT2D eigenvalue weighted by molar-refractivity contribution is 9.10. The normalized spacial score (nSPS) is 10.6. The van der Waals surface area contributed by atoms with Crippen molar-refractivity contribution in [3.63, 3.8) is 0 Å². The molecule has 0 amide bonds. The van der Waals surface area contributed by atoms with Gasteiger partial charge in [0.1, 0.15) is 0 Å². The van der Waals surface area contributed by atoms with Gasteiger partial charge in [-0.3, -0.25) is 0 Å². The Morgan fingerprint density at radius 3 is 3.00 bits per heavy atom. The minimum atomic E-state index is 0.278. The standard InChI is InChI=1S/C8H6BrNO/c9-6-4-5-2-1-3-10-7(5)8(6)11/h1-4,10-11H. The van der Waals surface area contributed by atoms with Crippen LogP contribution in [0.1, 0.15) is 0 Å². The van der Waals surface area contributed by atoms with Gasteiger partial charge in [0.2, 0.25) is 0 Å². The molecule has 0 unspecified atom stereocenters. The number of aromatic hydroxyl groups is 1. The fourth-order valence-electron chi connectivity index (χ4n) is 1.10. The van der Waals surface area contributed by atoms with E-state index in [1.54, 1.807) is 6.20 Å². The minimum Gasteiger partial charge on any atom is -0.505 e. The Bertz CT molecular complexity index is 352. The second-order valence-electron chi connectivity index (χ2n) is 2.34. The van der Waals surface area contributed by atoms with Crippen molar-refractivity contribution in [2.45, 2.75) is 0 Å². The molecule has 2 nitrogen and oxygen atoms in total. The predicted molar refractivity (Wildman–Crippen MR) is 46.8 cm³/mol. The third-order valence-corrected chi connectivity index (χ3v) is 2.24. The van der Waals surface area contributed by atoms with Gasteiger partial charge in [-0.2, -0.15) is 0 Å². The molecule has 2 aliphatic rings. The van der Waals surface area contributed by atoms with Gasteiger partial charge in [0.05, 0.1) is 10.2 Å². The number of aromatic nitrogens is 1. The van der Waals surface area contributed by atoms with Crippen LogP contribution in [0.5, 0.6) is 5.75 Å². The maximum atomic E-state index is 9.42. The molecule has 0 saturated carbocycles. The molecule has 0 radical (unpaired) electrons. The number of pyridine rings is 1. The van der Waals surface area contributed by atoms with E-state index in [1.807, 2.05) is 18.2 Å². The average molecular weight is 212 g/mol. The van der Waals surface area contributed by atoms with E-state index in [0.29, 0.717) is 0 Å². The molecule has 11 heavy (non-hydrogen) atoms. The highest BCUT2D eigenvalue weighted by Crippen LogP contribution is 2.38. The average Bonchev–Trinajstić information content (AvgIpc) is 2.30. The number of halogens is 1.